The fraction of sp³-hybridized carbons (Fsp3) is 0.500. The summed E-state index contributed by atoms with van der Waals surface area (Å²) in [5.41, 5.74) is 0. The molecule has 0 spiro atoms. The average Bonchev–Trinajstić information content (AvgIpc) is 2.30. The number of rotatable bonds is 6. The van der Waals surface area contributed by atoms with Crippen molar-refractivity contribution in [1.29, 1.82) is 0 Å². The Labute approximate surface area is 96.5 Å². The van der Waals surface area contributed by atoms with E-state index in [1.165, 1.54) is 10.5 Å². The maximum atomic E-state index is 12.0. The smallest absolute Gasteiger partial charge is 0.244 e. The Kier molecular flexibility index (Phi) is 4.85. The van der Waals surface area contributed by atoms with Crippen molar-refractivity contribution in [2.75, 3.05) is 27.2 Å². The lowest BCUT2D eigenvalue weighted by Gasteiger charge is -2.16. The van der Waals surface area contributed by atoms with Gasteiger partial charge in [0.05, 0.1) is 0 Å². The first kappa shape index (κ1) is 13.1. The van der Waals surface area contributed by atoms with Crippen molar-refractivity contribution >= 4 is 10.0 Å². The SMILES string of the molecule is CNCCCN(C)S(=O)(=O)c1cccnc1. The molecule has 1 heterocycles. The van der Waals surface area contributed by atoms with Crippen LogP contribution in [0.1, 0.15) is 6.42 Å². The first-order valence-electron chi connectivity index (χ1n) is 5.10. The number of nitrogens with zero attached hydrogens (tertiary/aromatic N) is 2. The molecule has 0 aromatic carbocycles. The highest BCUT2D eigenvalue weighted by atomic mass is 32.2. The minimum Gasteiger partial charge on any atom is -0.320 e. The van der Waals surface area contributed by atoms with E-state index >= 15 is 0 Å². The first-order valence-corrected chi connectivity index (χ1v) is 6.54. The highest BCUT2D eigenvalue weighted by Gasteiger charge is 2.19. The van der Waals surface area contributed by atoms with E-state index < -0.39 is 10.0 Å². The van der Waals surface area contributed by atoms with Crippen LogP contribution in [0.3, 0.4) is 0 Å². The van der Waals surface area contributed by atoms with Gasteiger partial charge >= 0.3 is 0 Å². The number of nitrogens with one attached hydrogen (secondary N) is 1. The molecule has 1 aromatic rings. The normalized spacial score (nSPS) is 11.9. The standard InChI is InChI=1S/C10H17N3O2S/c1-11-6-4-8-13(2)16(14,15)10-5-3-7-12-9-10/h3,5,7,9,11H,4,6,8H2,1-2H3. The molecule has 1 aromatic heterocycles. The molecule has 0 aliphatic heterocycles. The molecule has 0 radical (unpaired) electrons. The van der Waals surface area contributed by atoms with Gasteiger partial charge in [0.1, 0.15) is 4.90 Å². The van der Waals surface area contributed by atoms with Crippen LogP contribution < -0.4 is 5.32 Å². The van der Waals surface area contributed by atoms with Gasteiger partial charge in [-0.2, -0.15) is 0 Å². The molecule has 0 aliphatic rings. The van der Waals surface area contributed by atoms with Gasteiger partial charge in [-0.3, -0.25) is 4.98 Å². The van der Waals surface area contributed by atoms with E-state index in [1.54, 1.807) is 25.4 Å². The molecule has 0 aliphatic carbocycles. The fourth-order valence-electron chi connectivity index (χ4n) is 1.28. The van der Waals surface area contributed by atoms with E-state index in [2.05, 4.69) is 10.3 Å². The Morgan fingerprint density at radius 2 is 2.25 bits per heavy atom. The third-order valence-corrected chi connectivity index (χ3v) is 4.08. The van der Waals surface area contributed by atoms with Crippen LogP contribution in [0.15, 0.2) is 29.4 Å². The minimum atomic E-state index is -3.38. The van der Waals surface area contributed by atoms with Gasteiger partial charge in [0.2, 0.25) is 10.0 Å². The van der Waals surface area contributed by atoms with E-state index in [0.29, 0.717) is 6.54 Å². The number of hydrogen-bond donors (Lipinski definition) is 1. The second-order valence-electron chi connectivity index (χ2n) is 3.47. The molecule has 0 unspecified atom stereocenters. The van der Waals surface area contributed by atoms with E-state index in [4.69, 9.17) is 0 Å². The Bertz CT molecular complexity index is 405. The van der Waals surface area contributed by atoms with Gasteiger partial charge in [-0.25, -0.2) is 12.7 Å². The largest absolute Gasteiger partial charge is 0.320 e. The lowest BCUT2D eigenvalue weighted by molar-refractivity contribution is 0.458. The molecule has 0 bridgehead atoms. The van der Waals surface area contributed by atoms with Crippen molar-refractivity contribution in [3.63, 3.8) is 0 Å². The Hall–Kier alpha value is -0.980. The summed E-state index contributed by atoms with van der Waals surface area (Å²) in [5, 5.41) is 2.98. The van der Waals surface area contributed by atoms with Crippen LogP contribution in [0.4, 0.5) is 0 Å². The summed E-state index contributed by atoms with van der Waals surface area (Å²) in [4.78, 5) is 4.05. The van der Waals surface area contributed by atoms with Crippen molar-refractivity contribution in [1.82, 2.24) is 14.6 Å². The predicted octanol–water partition coefficient (Wildman–Crippen LogP) is 0.312. The molecule has 0 saturated heterocycles. The zero-order valence-corrected chi connectivity index (χ0v) is 10.4. The van der Waals surface area contributed by atoms with Gasteiger partial charge in [0.25, 0.3) is 0 Å². The molecule has 16 heavy (non-hydrogen) atoms. The topological polar surface area (TPSA) is 62.3 Å². The average molecular weight is 243 g/mol. The molecule has 0 fully saturated rings. The van der Waals surface area contributed by atoms with Gasteiger partial charge in [0.15, 0.2) is 0 Å². The summed E-state index contributed by atoms with van der Waals surface area (Å²) in [6, 6.07) is 3.17. The maximum absolute atomic E-state index is 12.0. The molecule has 1 rings (SSSR count). The zero-order chi connectivity index (χ0) is 12.0. The van der Waals surface area contributed by atoms with E-state index in [1.807, 2.05) is 7.05 Å². The molecule has 0 amide bonds. The Morgan fingerprint density at radius 3 is 2.81 bits per heavy atom. The number of hydrogen-bond acceptors (Lipinski definition) is 4. The summed E-state index contributed by atoms with van der Waals surface area (Å²) < 4.78 is 25.3. The molecule has 6 heteroatoms. The zero-order valence-electron chi connectivity index (χ0n) is 9.55. The number of sulfonamides is 1. The molecule has 1 N–H and O–H groups in total. The Morgan fingerprint density at radius 1 is 1.50 bits per heavy atom. The lowest BCUT2D eigenvalue weighted by Crippen LogP contribution is -2.29. The first-order chi connectivity index (χ1) is 7.59. The van der Waals surface area contributed by atoms with Crippen molar-refractivity contribution in [2.24, 2.45) is 0 Å². The third-order valence-electron chi connectivity index (χ3n) is 2.24. The van der Waals surface area contributed by atoms with Crippen LogP contribution >= 0.6 is 0 Å². The summed E-state index contributed by atoms with van der Waals surface area (Å²) in [5.74, 6) is 0. The molecule has 0 atom stereocenters. The molecule has 0 saturated carbocycles. The summed E-state index contributed by atoms with van der Waals surface area (Å²) in [6.45, 7) is 1.30. The third kappa shape index (κ3) is 3.26. The molecule has 90 valence electrons. The second kappa shape index (κ2) is 5.93. The van der Waals surface area contributed by atoms with Crippen molar-refractivity contribution in [2.45, 2.75) is 11.3 Å². The molecule has 5 nitrogen and oxygen atoms in total. The summed E-state index contributed by atoms with van der Waals surface area (Å²) in [7, 11) is 0.0478. The van der Waals surface area contributed by atoms with Gasteiger partial charge in [0, 0.05) is 26.0 Å². The van der Waals surface area contributed by atoms with Crippen LogP contribution in [0, 0.1) is 0 Å². The number of aromatic nitrogens is 1. The van der Waals surface area contributed by atoms with Crippen LogP contribution in [0.25, 0.3) is 0 Å². The van der Waals surface area contributed by atoms with Crippen molar-refractivity contribution in [3.8, 4) is 0 Å². The highest BCUT2D eigenvalue weighted by Crippen LogP contribution is 2.12. The molecular weight excluding hydrogens is 226 g/mol. The van der Waals surface area contributed by atoms with Crippen molar-refractivity contribution < 1.29 is 8.42 Å². The second-order valence-corrected chi connectivity index (χ2v) is 5.52. The quantitative estimate of drug-likeness (QED) is 0.731. The number of pyridine rings is 1. The highest BCUT2D eigenvalue weighted by molar-refractivity contribution is 7.89. The summed E-state index contributed by atoms with van der Waals surface area (Å²) >= 11 is 0. The van der Waals surface area contributed by atoms with Gasteiger partial charge in [-0.1, -0.05) is 0 Å². The van der Waals surface area contributed by atoms with Crippen LogP contribution in [-0.2, 0) is 10.0 Å². The van der Waals surface area contributed by atoms with E-state index in [-0.39, 0.29) is 4.90 Å². The van der Waals surface area contributed by atoms with Gasteiger partial charge in [-0.15, -0.1) is 0 Å². The predicted molar refractivity (Wildman–Crippen MR) is 62.6 cm³/mol. The van der Waals surface area contributed by atoms with Crippen LogP contribution in [-0.4, -0.2) is 44.9 Å². The maximum Gasteiger partial charge on any atom is 0.244 e. The monoisotopic (exact) mass is 243 g/mol. The minimum absolute atomic E-state index is 0.238. The van der Waals surface area contributed by atoms with Gasteiger partial charge in [-0.05, 0) is 32.1 Å². The summed E-state index contributed by atoms with van der Waals surface area (Å²) in [6.07, 6.45) is 3.70. The van der Waals surface area contributed by atoms with Crippen LogP contribution in [0.5, 0.6) is 0 Å². The van der Waals surface area contributed by atoms with Crippen LogP contribution in [0.2, 0.25) is 0 Å². The molecular formula is C10H17N3O2S. The van der Waals surface area contributed by atoms with E-state index in [9.17, 15) is 8.42 Å². The van der Waals surface area contributed by atoms with E-state index in [0.717, 1.165) is 13.0 Å². The van der Waals surface area contributed by atoms with Crippen molar-refractivity contribution in [3.05, 3.63) is 24.5 Å². The fourth-order valence-corrected chi connectivity index (χ4v) is 2.45. The lowest BCUT2D eigenvalue weighted by atomic mass is 10.4. The Balaban J connectivity index is 2.71. The van der Waals surface area contributed by atoms with Gasteiger partial charge < -0.3 is 5.32 Å².